The molecule has 2 aromatic heterocycles. The van der Waals surface area contributed by atoms with E-state index in [1.807, 2.05) is 11.9 Å². The molecule has 4 rings (SSSR count). The molecule has 0 aliphatic carbocycles. The largest absolute Gasteiger partial charge is 0.489 e. The summed E-state index contributed by atoms with van der Waals surface area (Å²) in [5.74, 6) is -0.468. The number of alkyl halides is 3. The normalized spacial score (nSPS) is 15.5. The lowest BCUT2D eigenvalue weighted by atomic mass is 9.89. The summed E-state index contributed by atoms with van der Waals surface area (Å²) in [4.78, 5) is 31.1. The van der Waals surface area contributed by atoms with Gasteiger partial charge in [-0.3, -0.25) is 9.78 Å². The second kappa shape index (κ2) is 9.21. The maximum absolute atomic E-state index is 13.2. The molecule has 1 saturated heterocycles. The van der Waals surface area contributed by atoms with E-state index in [9.17, 15) is 22.8 Å². The minimum Gasteiger partial charge on any atom is -0.489 e. The Hall–Kier alpha value is -3.60. The summed E-state index contributed by atoms with van der Waals surface area (Å²) in [7, 11) is 1.82. The van der Waals surface area contributed by atoms with E-state index in [-0.39, 0.29) is 30.1 Å². The maximum Gasteiger partial charge on any atom is 0.433 e. The first-order valence-electron chi connectivity index (χ1n) is 10.9. The Bertz CT molecular complexity index is 1270. The number of furan rings is 1. The number of ether oxygens (including phenoxy) is 2. The van der Waals surface area contributed by atoms with Crippen molar-refractivity contribution in [2.24, 2.45) is 0 Å². The number of likely N-dealkylation sites (tertiary alicyclic amines) is 1. The van der Waals surface area contributed by atoms with Gasteiger partial charge in [0.2, 0.25) is 0 Å². The first-order chi connectivity index (χ1) is 16.5. The highest BCUT2D eigenvalue weighted by Crippen LogP contribution is 2.33. The van der Waals surface area contributed by atoms with Crippen molar-refractivity contribution in [2.45, 2.75) is 32.2 Å². The van der Waals surface area contributed by atoms with Gasteiger partial charge in [0.15, 0.2) is 11.2 Å². The molecule has 0 unspecified atom stereocenters. The predicted molar refractivity (Wildman–Crippen MR) is 119 cm³/mol. The number of carbonyl (C=O) groups is 2. The quantitative estimate of drug-likeness (QED) is 0.504. The predicted octanol–water partition coefficient (Wildman–Crippen LogP) is 3.71. The number of carbonyl (C=O) groups excluding carboxylic acids is 2. The van der Waals surface area contributed by atoms with Crippen LogP contribution < -0.4 is 10.1 Å². The van der Waals surface area contributed by atoms with Gasteiger partial charge in [0.05, 0.1) is 12.2 Å². The van der Waals surface area contributed by atoms with Crippen LogP contribution in [0.3, 0.4) is 0 Å². The van der Waals surface area contributed by atoms with Crippen LogP contribution in [0.4, 0.5) is 13.2 Å². The highest BCUT2D eigenvalue weighted by molar-refractivity contribution is 6.09. The monoisotopic (exact) mass is 491 g/mol. The summed E-state index contributed by atoms with van der Waals surface area (Å²) in [5, 5.41) is 3.20. The van der Waals surface area contributed by atoms with Crippen molar-refractivity contribution in [3.8, 4) is 5.75 Å². The number of rotatable bonds is 7. The van der Waals surface area contributed by atoms with E-state index in [4.69, 9.17) is 13.9 Å². The van der Waals surface area contributed by atoms with Crippen LogP contribution >= 0.6 is 0 Å². The molecular weight excluding hydrogens is 467 g/mol. The summed E-state index contributed by atoms with van der Waals surface area (Å²) in [6.07, 6.45) is -3.54. The van der Waals surface area contributed by atoms with E-state index in [1.165, 1.54) is 24.3 Å². The number of aryl methyl sites for hydroxylation is 1. The third-order valence-electron chi connectivity index (χ3n) is 5.72. The highest BCUT2D eigenvalue weighted by atomic mass is 19.4. The van der Waals surface area contributed by atoms with Crippen LogP contribution in [0.1, 0.15) is 34.3 Å². The molecule has 8 nitrogen and oxygen atoms in total. The first-order valence-corrected chi connectivity index (χ1v) is 10.9. The maximum atomic E-state index is 13.2. The van der Waals surface area contributed by atoms with E-state index < -0.39 is 29.3 Å². The topological polar surface area (TPSA) is 93.9 Å². The molecular formula is C24H24F3N3O5. The van der Waals surface area contributed by atoms with E-state index in [2.05, 4.69) is 10.3 Å². The van der Waals surface area contributed by atoms with Crippen molar-refractivity contribution in [1.82, 2.24) is 15.2 Å². The van der Waals surface area contributed by atoms with Crippen LogP contribution in [-0.2, 0) is 22.3 Å². The zero-order valence-corrected chi connectivity index (χ0v) is 19.4. The lowest BCUT2D eigenvalue weighted by molar-refractivity contribution is -0.157. The molecule has 1 aliphatic heterocycles. The molecule has 1 amide bonds. The Kier molecular flexibility index (Phi) is 6.46. The molecule has 3 aromatic rings. The lowest BCUT2D eigenvalue weighted by Gasteiger charge is -2.46. The minimum absolute atomic E-state index is 0.119. The summed E-state index contributed by atoms with van der Waals surface area (Å²) in [5.41, 5.74) is -1.70. The molecule has 0 atom stereocenters. The molecule has 0 bridgehead atoms. The number of hydrogen-bond acceptors (Lipinski definition) is 7. The fourth-order valence-corrected chi connectivity index (χ4v) is 4.23. The van der Waals surface area contributed by atoms with Crippen molar-refractivity contribution in [3.05, 3.63) is 59.1 Å². The molecule has 0 radical (unpaired) electrons. The van der Waals surface area contributed by atoms with Gasteiger partial charge in [-0.15, -0.1) is 0 Å². The van der Waals surface area contributed by atoms with Crippen molar-refractivity contribution < 1.29 is 36.7 Å². The van der Waals surface area contributed by atoms with Crippen molar-refractivity contribution in [3.63, 3.8) is 0 Å². The van der Waals surface area contributed by atoms with Gasteiger partial charge in [-0.05, 0) is 45.2 Å². The van der Waals surface area contributed by atoms with Gasteiger partial charge >= 0.3 is 12.1 Å². The zero-order chi connectivity index (χ0) is 25.4. The summed E-state index contributed by atoms with van der Waals surface area (Å²) in [6.45, 7) is 3.71. The highest BCUT2D eigenvalue weighted by Gasteiger charge is 2.50. The molecule has 1 aromatic carbocycles. The Balaban J connectivity index is 1.59. The van der Waals surface area contributed by atoms with E-state index in [1.54, 1.807) is 19.9 Å². The second-order valence-corrected chi connectivity index (χ2v) is 8.42. The lowest BCUT2D eigenvalue weighted by Crippen LogP contribution is -2.73. The van der Waals surface area contributed by atoms with Crippen molar-refractivity contribution in [1.29, 1.82) is 0 Å². The molecule has 186 valence electrons. The number of hydrogen-bond donors (Lipinski definition) is 1. The fourth-order valence-electron chi connectivity index (χ4n) is 4.23. The van der Waals surface area contributed by atoms with Crippen LogP contribution in [-0.4, -0.2) is 54.0 Å². The van der Waals surface area contributed by atoms with Crippen molar-refractivity contribution >= 4 is 22.8 Å². The third kappa shape index (κ3) is 4.81. The third-order valence-corrected chi connectivity index (χ3v) is 5.72. The van der Waals surface area contributed by atoms with Crippen LogP contribution in [0.25, 0.3) is 11.0 Å². The molecule has 3 heterocycles. The smallest absolute Gasteiger partial charge is 0.433 e. The molecule has 1 aliphatic rings. The Morgan fingerprint density at radius 2 is 2.00 bits per heavy atom. The van der Waals surface area contributed by atoms with Gasteiger partial charge in [0, 0.05) is 30.2 Å². The first kappa shape index (κ1) is 24.5. The average molecular weight is 491 g/mol. The minimum atomic E-state index is -4.61. The number of likely N-dealkylation sites (N-methyl/N-ethyl adjacent to an activating group) is 1. The molecule has 1 N–H and O–H groups in total. The number of nitrogens with zero attached hydrogens (tertiary/aromatic N) is 2. The van der Waals surface area contributed by atoms with Crippen LogP contribution in [0.15, 0.2) is 40.9 Å². The summed E-state index contributed by atoms with van der Waals surface area (Å²) < 4.78 is 56.1. The van der Waals surface area contributed by atoms with Crippen molar-refractivity contribution in [2.75, 3.05) is 26.7 Å². The number of nitrogens with one attached hydrogen (secondary N) is 1. The van der Waals surface area contributed by atoms with E-state index >= 15 is 0 Å². The van der Waals surface area contributed by atoms with Gasteiger partial charge < -0.3 is 24.1 Å². The van der Waals surface area contributed by atoms with Gasteiger partial charge in [-0.25, -0.2) is 4.79 Å². The molecule has 11 heteroatoms. The molecule has 35 heavy (non-hydrogen) atoms. The number of aromatic nitrogens is 1. The summed E-state index contributed by atoms with van der Waals surface area (Å²) in [6, 6.07) is 7.32. The van der Waals surface area contributed by atoms with Crippen LogP contribution in [0.5, 0.6) is 5.75 Å². The Labute approximate surface area is 199 Å². The van der Waals surface area contributed by atoms with Crippen LogP contribution in [0, 0.1) is 6.92 Å². The number of esters is 1. The number of amides is 1. The average Bonchev–Trinajstić information content (AvgIpc) is 3.11. The SMILES string of the molecule is CCOC(=O)C1(NC(=O)c2c(C)oc3ccc(OCc4cccnc4C(F)(F)F)cc23)CN(C)C1. The molecule has 0 spiro atoms. The van der Waals surface area contributed by atoms with Gasteiger partial charge in [0.1, 0.15) is 23.7 Å². The zero-order valence-electron chi connectivity index (χ0n) is 19.4. The van der Waals surface area contributed by atoms with Crippen LogP contribution in [0.2, 0.25) is 0 Å². The number of pyridine rings is 1. The Morgan fingerprint density at radius 1 is 1.26 bits per heavy atom. The standard InChI is InChI=1S/C24H24F3N3O5/c1-4-33-22(32)23(12-30(3)13-23)29-21(31)19-14(2)35-18-8-7-16(10-17(18)19)34-11-15-6-5-9-28-20(15)24(25,26)27/h5-10H,4,11-13H2,1-3H3,(H,29,31). The van der Waals surface area contributed by atoms with E-state index in [0.29, 0.717) is 29.8 Å². The summed E-state index contributed by atoms with van der Waals surface area (Å²) >= 11 is 0. The number of fused-ring (bicyclic) bond motifs is 1. The fraction of sp³-hybridized carbons (Fsp3) is 0.375. The van der Waals surface area contributed by atoms with Gasteiger partial charge in [-0.2, -0.15) is 13.2 Å². The Morgan fingerprint density at radius 3 is 2.66 bits per heavy atom. The van der Waals surface area contributed by atoms with E-state index in [0.717, 1.165) is 6.20 Å². The van der Waals surface area contributed by atoms with Gasteiger partial charge in [0.25, 0.3) is 5.91 Å². The molecule has 1 fully saturated rings. The van der Waals surface area contributed by atoms with Gasteiger partial charge in [-0.1, -0.05) is 6.07 Å². The molecule has 0 saturated carbocycles. The second-order valence-electron chi connectivity index (χ2n) is 8.42. The number of benzene rings is 1. The number of halogens is 3.